The second-order valence-electron chi connectivity index (χ2n) is 4.50. The molecule has 2 aromatic rings. The highest BCUT2D eigenvalue weighted by Gasteiger charge is 2.13. The lowest BCUT2D eigenvalue weighted by molar-refractivity contribution is 0.0789. The van der Waals surface area contributed by atoms with Crippen molar-refractivity contribution in [2.45, 2.75) is 13.0 Å². The van der Waals surface area contributed by atoms with E-state index >= 15 is 0 Å². The van der Waals surface area contributed by atoms with Crippen LogP contribution in [0.1, 0.15) is 27.2 Å². The van der Waals surface area contributed by atoms with Crippen LogP contribution in [-0.2, 0) is 6.54 Å². The Morgan fingerprint density at radius 2 is 2.33 bits per heavy atom. The third kappa shape index (κ3) is 4.42. The lowest BCUT2D eigenvalue weighted by Gasteiger charge is -2.16. The molecule has 108 valence electrons. The zero-order chi connectivity index (χ0) is 15.1. The number of amides is 1. The van der Waals surface area contributed by atoms with Crippen LogP contribution >= 0.6 is 11.3 Å². The molecule has 1 heterocycles. The largest absolute Gasteiger partial charge is 0.395 e. The fraction of sp³-hybridized carbons (Fsp3) is 0.250. The summed E-state index contributed by atoms with van der Waals surface area (Å²) < 4.78 is 0. The molecular weight excluding hydrogens is 284 g/mol. The van der Waals surface area contributed by atoms with Crippen LogP contribution in [0.15, 0.2) is 36.0 Å². The second-order valence-corrected chi connectivity index (χ2v) is 5.39. The maximum Gasteiger partial charge on any atom is 0.265 e. The molecule has 21 heavy (non-hydrogen) atoms. The summed E-state index contributed by atoms with van der Waals surface area (Å²) in [4.78, 5) is 18.4. The molecule has 0 aliphatic carbocycles. The number of carbonyl (C=O) groups is 1. The predicted octanol–water partition coefficient (Wildman–Crippen LogP) is 2.15. The van der Waals surface area contributed by atoms with Gasteiger partial charge in [-0.25, -0.2) is 0 Å². The molecule has 1 aromatic carbocycles. The molecule has 0 unspecified atom stereocenters. The molecule has 2 rings (SSSR count). The van der Waals surface area contributed by atoms with E-state index in [0.29, 0.717) is 17.8 Å². The van der Waals surface area contributed by atoms with Gasteiger partial charge in [0.25, 0.3) is 5.91 Å². The Labute approximate surface area is 128 Å². The number of hydrogen-bond acceptors (Lipinski definition) is 4. The van der Waals surface area contributed by atoms with E-state index in [-0.39, 0.29) is 12.5 Å². The van der Waals surface area contributed by atoms with E-state index in [1.807, 2.05) is 24.3 Å². The quantitative estimate of drug-likeness (QED) is 0.880. The van der Waals surface area contributed by atoms with Crippen LogP contribution in [0.3, 0.4) is 0 Å². The molecule has 0 bridgehead atoms. The average Bonchev–Trinajstić information content (AvgIpc) is 3.01. The van der Waals surface area contributed by atoms with Crippen LogP contribution in [0.4, 0.5) is 0 Å². The number of thiazole rings is 1. The highest BCUT2D eigenvalue weighted by molar-refractivity contribution is 7.11. The number of aliphatic hydroxyl groups is 1. The van der Waals surface area contributed by atoms with Gasteiger partial charge < -0.3 is 10.0 Å². The molecule has 0 radical (unpaired) electrons. The first-order valence-electron chi connectivity index (χ1n) is 6.53. The number of aliphatic hydroxyl groups excluding tert-OH is 1. The number of aromatic nitrogens is 1. The lowest BCUT2D eigenvalue weighted by Crippen LogP contribution is -2.25. The summed E-state index contributed by atoms with van der Waals surface area (Å²) in [6.45, 7) is 0.588. The van der Waals surface area contributed by atoms with Crippen molar-refractivity contribution < 1.29 is 9.90 Å². The van der Waals surface area contributed by atoms with Crippen molar-refractivity contribution in [1.82, 2.24) is 9.88 Å². The molecule has 0 aliphatic rings. The maximum atomic E-state index is 12.1. The molecule has 0 aliphatic heterocycles. The van der Waals surface area contributed by atoms with Gasteiger partial charge in [0.05, 0.1) is 18.3 Å². The molecule has 0 saturated carbocycles. The van der Waals surface area contributed by atoms with Crippen molar-refractivity contribution in [1.29, 1.82) is 0 Å². The van der Waals surface area contributed by atoms with Crippen molar-refractivity contribution in [2.24, 2.45) is 0 Å². The van der Waals surface area contributed by atoms with Gasteiger partial charge in [-0.2, -0.15) is 0 Å². The third-order valence-corrected chi connectivity index (χ3v) is 3.57. The van der Waals surface area contributed by atoms with Crippen LogP contribution in [0.2, 0.25) is 0 Å². The topological polar surface area (TPSA) is 53.4 Å². The van der Waals surface area contributed by atoms with Crippen LogP contribution in [0.5, 0.6) is 0 Å². The van der Waals surface area contributed by atoms with Crippen LogP contribution in [-0.4, -0.2) is 34.6 Å². The van der Waals surface area contributed by atoms with Crippen molar-refractivity contribution >= 4 is 17.2 Å². The normalized spacial score (nSPS) is 9.81. The van der Waals surface area contributed by atoms with Crippen LogP contribution < -0.4 is 0 Å². The Kier molecular flexibility index (Phi) is 5.50. The molecule has 1 N–H and O–H groups in total. The summed E-state index contributed by atoms with van der Waals surface area (Å²) >= 11 is 1.34. The third-order valence-electron chi connectivity index (χ3n) is 2.81. The minimum atomic E-state index is -0.0331. The van der Waals surface area contributed by atoms with Gasteiger partial charge in [0.15, 0.2) is 0 Å². The first-order chi connectivity index (χ1) is 10.2. The summed E-state index contributed by atoms with van der Waals surface area (Å²) in [6.07, 6.45) is 2.05. The monoisotopic (exact) mass is 300 g/mol. The molecule has 1 aromatic heterocycles. The minimum Gasteiger partial charge on any atom is -0.395 e. The Balaban J connectivity index is 2.04. The first kappa shape index (κ1) is 15.2. The Bertz CT molecular complexity index is 656. The van der Waals surface area contributed by atoms with Gasteiger partial charge >= 0.3 is 0 Å². The van der Waals surface area contributed by atoms with Gasteiger partial charge in [0.1, 0.15) is 4.88 Å². The van der Waals surface area contributed by atoms with Gasteiger partial charge in [-0.05, 0) is 17.7 Å². The van der Waals surface area contributed by atoms with Crippen molar-refractivity contribution in [2.75, 3.05) is 13.7 Å². The van der Waals surface area contributed by atoms with Crippen molar-refractivity contribution in [3.63, 3.8) is 0 Å². The molecule has 4 nitrogen and oxygen atoms in total. The van der Waals surface area contributed by atoms with Crippen LogP contribution in [0.25, 0.3) is 0 Å². The zero-order valence-corrected chi connectivity index (χ0v) is 12.6. The Morgan fingerprint density at radius 3 is 3.05 bits per heavy atom. The van der Waals surface area contributed by atoms with E-state index in [1.165, 1.54) is 11.3 Å². The molecular formula is C16H16N2O2S. The zero-order valence-electron chi connectivity index (χ0n) is 11.7. The van der Waals surface area contributed by atoms with E-state index in [0.717, 1.165) is 11.1 Å². The van der Waals surface area contributed by atoms with Crippen LogP contribution in [0, 0.1) is 11.8 Å². The predicted molar refractivity (Wildman–Crippen MR) is 82.9 cm³/mol. The molecule has 0 spiro atoms. The first-order valence-corrected chi connectivity index (χ1v) is 7.41. The fourth-order valence-corrected chi connectivity index (χ4v) is 2.44. The second kappa shape index (κ2) is 7.58. The SMILES string of the molecule is CN(Cc1cccc(C#CCCO)c1)C(=O)c1cncs1. The maximum absolute atomic E-state index is 12.1. The summed E-state index contributed by atoms with van der Waals surface area (Å²) in [5.74, 6) is 5.85. The molecule has 0 atom stereocenters. The van der Waals surface area contributed by atoms with Gasteiger partial charge in [-0.15, -0.1) is 11.3 Å². The van der Waals surface area contributed by atoms with E-state index in [4.69, 9.17) is 5.11 Å². The summed E-state index contributed by atoms with van der Waals surface area (Å²) in [5.41, 5.74) is 3.56. The van der Waals surface area contributed by atoms with Crippen molar-refractivity contribution in [3.8, 4) is 11.8 Å². The fourth-order valence-electron chi connectivity index (χ4n) is 1.82. The highest BCUT2D eigenvalue weighted by atomic mass is 32.1. The number of hydrogen-bond donors (Lipinski definition) is 1. The standard InChI is InChI=1S/C16H16N2O2S/c1-18(16(20)15-10-17-12-21-15)11-14-7-4-6-13(9-14)5-2-3-8-19/h4,6-7,9-10,12,19H,3,8,11H2,1H3. The average molecular weight is 300 g/mol. The molecule has 1 amide bonds. The molecule has 0 saturated heterocycles. The number of nitrogens with zero attached hydrogens (tertiary/aromatic N) is 2. The smallest absolute Gasteiger partial charge is 0.265 e. The van der Waals surface area contributed by atoms with Gasteiger partial charge in [-0.1, -0.05) is 24.0 Å². The Hall–Kier alpha value is -2.16. The molecule has 0 fully saturated rings. The minimum absolute atomic E-state index is 0.0331. The van der Waals surface area contributed by atoms with Gasteiger partial charge in [0, 0.05) is 25.6 Å². The number of rotatable bonds is 4. The van der Waals surface area contributed by atoms with Gasteiger partial charge in [-0.3, -0.25) is 9.78 Å². The number of benzene rings is 1. The lowest BCUT2D eigenvalue weighted by atomic mass is 10.1. The van der Waals surface area contributed by atoms with E-state index in [9.17, 15) is 4.79 Å². The van der Waals surface area contributed by atoms with E-state index in [2.05, 4.69) is 16.8 Å². The van der Waals surface area contributed by atoms with Crippen molar-refractivity contribution in [3.05, 3.63) is 52.0 Å². The van der Waals surface area contributed by atoms with Gasteiger partial charge in [0.2, 0.25) is 0 Å². The summed E-state index contributed by atoms with van der Waals surface area (Å²) in [7, 11) is 1.77. The number of carbonyl (C=O) groups excluding carboxylic acids is 1. The van der Waals surface area contributed by atoms with E-state index < -0.39 is 0 Å². The Morgan fingerprint density at radius 1 is 1.48 bits per heavy atom. The molecule has 5 heteroatoms. The summed E-state index contributed by atoms with van der Waals surface area (Å²) in [5, 5.41) is 8.72. The highest BCUT2D eigenvalue weighted by Crippen LogP contribution is 2.12. The van der Waals surface area contributed by atoms with E-state index in [1.54, 1.807) is 23.7 Å². The summed E-state index contributed by atoms with van der Waals surface area (Å²) in [6, 6.07) is 7.76.